The maximum atomic E-state index is 3.82. The lowest BCUT2D eigenvalue weighted by atomic mass is 9.72. The van der Waals surface area contributed by atoms with Gasteiger partial charge in [-0.15, -0.1) is 0 Å². The van der Waals surface area contributed by atoms with Crippen LogP contribution in [0.1, 0.15) is 59.8 Å². The summed E-state index contributed by atoms with van der Waals surface area (Å²) >= 11 is 0. The SMILES string of the molecule is CCCNC1CCC(C)(C)CC1N(CC)CCCN(C)C. The lowest BCUT2D eigenvalue weighted by molar-refractivity contribution is 0.0661. The van der Waals surface area contributed by atoms with Crippen molar-refractivity contribution in [2.24, 2.45) is 5.41 Å². The number of nitrogens with one attached hydrogen (secondary N) is 1. The molecule has 0 aromatic heterocycles. The van der Waals surface area contributed by atoms with Crippen LogP contribution in [0.5, 0.6) is 0 Å². The highest BCUT2D eigenvalue weighted by atomic mass is 15.2. The van der Waals surface area contributed by atoms with E-state index in [9.17, 15) is 0 Å². The van der Waals surface area contributed by atoms with Gasteiger partial charge in [0.2, 0.25) is 0 Å². The van der Waals surface area contributed by atoms with Crippen molar-refractivity contribution in [2.45, 2.75) is 71.9 Å². The third-order valence-electron chi connectivity index (χ3n) is 4.94. The van der Waals surface area contributed by atoms with Gasteiger partial charge < -0.3 is 10.2 Å². The maximum Gasteiger partial charge on any atom is 0.0254 e. The van der Waals surface area contributed by atoms with E-state index < -0.39 is 0 Å². The summed E-state index contributed by atoms with van der Waals surface area (Å²) in [6, 6.07) is 1.41. The predicted octanol–water partition coefficient (Wildman–Crippen LogP) is 3.21. The van der Waals surface area contributed by atoms with Crippen LogP contribution in [0.25, 0.3) is 0 Å². The molecule has 0 heterocycles. The molecule has 0 aromatic rings. The highest BCUT2D eigenvalue weighted by Crippen LogP contribution is 2.37. The van der Waals surface area contributed by atoms with Gasteiger partial charge in [0.15, 0.2) is 0 Å². The second-order valence-corrected chi connectivity index (χ2v) is 7.82. The van der Waals surface area contributed by atoms with Gasteiger partial charge in [0.25, 0.3) is 0 Å². The average Bonchev–Trinajstić information content (AvgIpc) is 2.41. The average molecular weight is 298 g/mol. The highest BCUT2D eigenvalue weighted by molar-refractivity contribution is 4.94. The minimum absolute atomic E-state index is 0.504. The van der Waals surface area contributed by atoms with E-state index in [0.29, 0.717) is 17.5 Å². The van der Waals surface area contributed by atoms with Gasteiger partial charge in [0.1, 0.15) is 0 Å². The first-order valence-electron chi connectivity index (χ1n) is 9.01. The van der Waals surface area contributed by atoms with Crippen molar-refractivity contribution < 1.29 is 0 Å². The summed E-state index contributed by atoms with van der Waals surface area (Å²) in [6.07, 6.45) is 6.55. The quantitative estimate of drug-likeness (QED) is 0.705. The van der Waals surface area contributed by atoms with Gasteiger partial charge in [-0.25, -0.2) is 0 Å². The number of rotatable bonds is 9. The second kappa shape index (κ2) is 9.12. The first kappa shape index (κ1) is 18.9. The van der Waals surface area contributed by atoms with Gasteiger partial charge in [-0.1, -0.05) is 27.7 Å². The second-order valence-electron chi connectivity index (χ2n) is 7.82. The number of nitrogens with zero attached hydrogens (tertiary/aromatic N) is 2. The molecule has 0 saturated heterocycles. The Morgan fingerprint density at radius 3 is 2.43 bits per heavy atom. The van der Waals surface area contributed by atoms with Crippen LogP contribution in [-0.2, 0) is 0 Å². The molecule has 0 aromatic carbocycles. The Morgan fingerprint density at radius 2 is 1.86 bits per heavy atom. The zero-order valence-corrected chi connectivity index (χ0v) is 15.4. The van der Waals surface area contributed by atoms with E-state index in [1.54, 1.807) is 0 Å². The fraction of sp³-hybridized carbons (Fsp3) is 1.00. The minimum Gasteiger partial charge on any atom is -0.312 e. The standard InChI is InChI=1S/C18H39N3/c1-7-12-19-16-10-11-18(3,4)15-17(16)21(8-2)14-9-13-20(5)6/h16-17,19H,7-15H2,1-6H3. The summed E-state index contributed by atoms with van der Waals surface area (Å²) in [4.78, 5) is 5.03. The third kappa shape index (κ3) is 6.66. The molecule has 0 bridgehead atoms. The summed E-state index contributed by atoms with van der Waals surface area (Å²) in [5, 5.41) is 3.82. The van der Waals surface area contributed by atoms with Crippen LogP contribution in [0.2, 0.25) is 0 Å². The lowest BCUT2D eigenvalue weighted by Crippen LogP contribution is -2.55. The topological polar surface area (TPSA) is 18.5 Å². The molecule has 0 spiro atoms. The summed E-state index contributed by atoms with van der Waals surface area (Å²) in [7, 11) is 4.34. The molecule has 2 unspecified atom stereocenters. The number of hydrogen-bond donors (Lipinski definition) is 1. The van der Waals surface area contributed by atoms with Crippen LogP contribution < -0.4 is 5.32 Å². The van der Waals surface area contributed by atoms with Crippen LogP contribution in [-0.4, -0.2) is 62.2 Å². The van der Waals surface area contributed by atoms with Gasteiger partial charge in [-0.05, 0) is 77.8 Å². The molecule has 1 rings (SSSR count). The fourth-order valence-electron chi connectivity index (χ4n) is 3.65. The normalized spacial score (nSPS) is 25.7. The van der Waals surface area contributed by atoms with Crippen LogP contribution >= 0.6 is 0 Å². The molecule has 126 valence electrons. The summed E-state index contributed by atoms with van der Waals surface area (Å²) in [6.45, 7) is 14.3. The first-order valence-corrected chi connectivity index (χ1v) is 9.01. The summed E-state index contributed by atoms with van der Waals surface area (Å²) in [5.74, 6) is 0. The largest absolute Gasteiger partial charge is 0.312 e. The molecule has 1 aliphatic rings. The monoisotopic (exact) mass is 297 g/mol. The lowest BCUT2D eigenvalue weighted by Gasteiger charge is -2.46. The van der Waals surface area contributed by atoms with Crippen LogP contribution in [0.4, 0.5) is 0 Å². The van der Waals surface area contributed by atoms with Crippen molar-refractivity contribution in [3.05, 3.63) is 0 Å². The minimum atomic E-state index is 0.504. The summed E-state index contributed by atoms with van der Waals surface area (Å²) in [5.41, 5.74) is 0.504. The molecule has 21 heavy (non-hydrogen) atoms. The van der Waals surface area contributed by atoms with Crippen molar-refractivity contribution in [3.8, 4) is 0 Å². The Bertz CT molecular complexity index is 276. The van der Waals surface area contributed by atoms with E-state index in [2.05, 4.69) is 56.9 Å². The molecular formula is C18H39N3. The first-order chi connectivity index (χ1) is 9.89. The zero-order valence-electron chi connectivity index (χ0n) is 15.4. The Labute approximate surface area is 133 Å². The molecule has 1 fully saturated rings. The molecular weight excluding hydrogens is 258 g/mol. The van der Waals surface area contributed by atoms with Crippen LogP contribution in [0.3, 0.4) is 0 Å². The van der Waals surface area contributed by atoms with Gasteiger partial charge in [0, 0.05) is 12.1 Å². The predicted molar refractivity (Wildman–Crippen MR) is 93.9 cm³/mol. The summed E-state index contributed by atoms with van der Waals surface area (Å²) < 4.78 is 0. The molecule has 3 nitrogen and oxygen atoms in total. The fourth-order valence-corrected chi connectivity index (χ4v) is 3.65. The van der Waals surface area contributed by atoms with E-state index in [1.807, 2.05) is 0 Å². The number of likely N-dealkylation sites (N-methyl/N-ethyl adjacent to an activating group) is 1. The smallest absolute Gasteiger partial charge is 0.0254 e. The molecule has 2 atom stereocenters. The molecule has 1 saturated carbocycles. The highest BCUT2D eigenvalue weighted by Gasteiger charge is 2.37. The van der Waals surface area contributed by atoms with E-state index in [4.69, 9.17) is 0 Å². The zero-order chi connectivity index (χ0) is 15.9. The Hall–Kier alpha value is -0.120. The van der Waals surface area contributed by atoms with Gasteiger partial charge >= 0.3 is 0 Å². The molecule has 1 aliphatic carbocycles. The van der Waals surface area contributed by atoms with Crippen molar-refractivity contribution in [3.63, 3.8) is 0 Å². The van der Waals surface area contributed by atoms with Gasteiger partial charge in [-0.2, -0.15) is 0 Å². The van der Waals surface area contributed by atoms with Crippen LogP contribution in [0, 0.1) is 5.41 Å². The molecule has 0 radical (unpaired) electrons. The Kier molecular flexibility index (Phi) is 8.22. The van der Waals surface area contributed by atoms with E-state index in [1.165, 1.54) is 51.7 Å². The van der Waals surface area contributed by atoms with Gasteiger partial charge in [0.05, 0.1) is 0 Å². The molecule has 0 aliphatic heterocycles. The molecule has 0 amide bonds. The van der Waals surface area contributed by atoms with Crippen molar-refractivity contribution in [1.29, 1.82) is 0 Å². The molecule has 3 heteroatoms. The Morgan fingerprint density at radius 1 is 1.14 bits per heavy atom. The van der Waals surface area contributed by atoms with Crippen molar-refractivity contribution >= 4 is 0 Å². The molecule has 1 N–H and O–H groups in total. The van der Waals surface area contributed by atoms with Gasteiger partial charge in [-0.3, -0.25) is 4.90 Å². The third-order valence-corrected chi connectivity index (χ3v) is 4.94. The number of hydrogen-bond acceptors (Lipinski definition) is 3. The maximum absolute atomic E-state index is 3.82. The van der Waals surface area contributed by atoms with Crippen molar-refractivity contribution in [2.75, 3.05) is 40.3 Å². The van der Waals surface area contributed by atoms with Crippen LogP contribution in [0.15, 0.2) is 0 Å². The Balaban J connectivity index is 2.63. The van der Waals surface area contributed by atoms with E-state index in [-0.39, 0.29) is 0 Å². The van der Waals surface area contributed by atoms with E-state index in [0.717, 1.165) is 6.54 Å². The van der Waals surface area contributed by atoms with Crippen molar-refractivity contribution in [1.82, 2.24) is 15.1 Å². The van der Waals surface area contributed by atoms with E-state index >= 15 is 0 Å².